The first-order chi connectivity index (χ1) is 13.3. The van der Waals surface area contributed by atoms with Gasteiger partial charge in [-0.2, -0.15) is 0 Å². The van der Waals surface area contributed by atoms with Crippen LogP contribution in [0.2, 0.25) is 0 Å². The van der Waals surface area contributed by atoms with E-state index in [1.807, 2.05) is 43.3 Å². The topological polar surface area (TPSA) is 83.6 Å². The van der Waals surface area contributed by atoms with Crippen molar-refractivity contribution in [1.29, 1.82) is 5.41 Å². The molecular weight excluding hydrogens is 352 g/mol. The molecule has 0 atom stereocenters. The lowest BCUT2D eigenvalue weighted by Gasteiger charge is -2.20. The molecule has 0 saturated heterocycles. The van der Waals surface area contributed by atoms with Crippen LogP contribution in [0, 0.1) is 12.3 Å². The number of nitrogens with two attached hydrogens (primary N) is 1. The summed E-state index contributed by atoms with van der Waals surface area (Å²) in [5, 5.41) is 12.9. The molecule has 0 saturated carbocycles. The van der Waals surface area contributed by atoms with E-state index in [-0.39, 0.29) is 0 Å². The number of rotatable bonds is 9. The first-order valence-corrected chi connectivity index (χ1v) is 9.22. The van der Waals surface area contributed by atoms with Crippen molar-refractivity contribution in [1.82, 2.24) is 5.32 Å². The van der Waals surface area contributed by atoms with Crippen LogP contribution in [-0.2, 0) is 6.61 Å². The van der Waals surface area contributed by atoms with E-state index in [0.29, 0.717) is 18.4 Å². The molecule has 0 aliphatic carbocycles. The zero-order valence-electron chi connectivity index (χ0n) is 17.2. The molecule has 4 N–H and O–H groups in total. The number of hydrogen-bond acceptors (Lipinski definition) is 6. The summed E-state index contributed by atoms with van der Waals surface area (Å²) in [5.74, 6) is 7.43. The van der Waals surface area contributed by atoms with E-state index in [0.717, 1.165) is 33.9 Å². The average molecular weight is 383 g/mol. The first-order valence-electron chi connectivity index (χ1n) is 9.22. The summed E-state index contributed by atoms with van der Waals surface area (Å²) in [6, 6.07) is 11.8. The molecule has 0 aromatic heterocycles. The summed E-state index contributed by atoms with van der Waals surface area (Å²) >= 11 is 0. The Balaban J connectivity index is 2.15. The zero-order chi connectivity index (χ0) is 20.7. The molecule has 0 fully saturated rings. The van der Waals surface area contributed by atoms with Crippen molar-refractivity contribution in [3.05, 3.63) is 65.4 Å². The van der Waals surface area contributed by atoms with Gasteiger partial charge in [-0.3, -0.25) is 0 Å². The zero-order valence-corrected chi connectivity index (χ0v) is 17.2. The minimum absolute atomic E-state index is 0.330. The first kappa shape index (κ1) is 21.3. The number of nitrogens with one attached hydrogen (secondary N) is 2. The van der Waals surface area contributed by atoms with E-state index in [2.05, 4.69) is 19.2 Å². The smallest absolute Gasteiger partial charge is 0.127 e. The average Bonchev–Trinajstić information content (AvgIpc) is 2.66. The highest BCUT2D eigenvalue weighted by molar-refractivity contribution is 6.06. The minimum atomic E-state index is 0.330. The fourth-order valence-corrected chi connectivity index (χ4v) is 2.77. The van der Waals surface area contributed by atoms with Gasteiger partial charge in [-0.1, -0.05) is 6.07 Å². The molecule has 0 heterocycles. The molecule has 2 rings (SSSR count). The molecular formula is C22H30N4O2. The van der Waals surface area contributed by atoms with Gasteiger partial charge < -0.3 is 25.2 Å². The van der Waals surface area contributed by atoms with Gasteiger partial charge in [0.1, 0.15) is 18.1 Å². The van der Waals surface area contributed by atoms with Crippen LogP contribution in [0.3, 0.4) is 0 Å². The highest BCUT2D eigenvalue weighted by Crippen LogP contribution is 2.30. The highest BCUT2D eigenvalue weighted by Gasteiger charge is 2.13. The lowest BCUT2D eigenvalue weighted by molar-refractivity contribution is 0.295. The van der Waals surface area contributed by atoms with Gasteiger partial charge in [0, 0.05) is 13.1 Å². The number of methoxy groups -OCH3 is 1. The van der Waals surface area contributed by atoms with E-state index in [9.17, 15) is 0 Å². The van der Waals surface area contributed by atoms with Crippen LogP contribution in [0.15, 0.2) is 48.7 Å². The third kappa shape index (κ3) is 5.50. The van der Waals surface area contributed by atoms with Crippen LogP contribution in [0.5, 0.6) is 11.5 Å². The molecule has 6 heteroatoms. The van der Waals surface area contributed by atoms with Crippen molar-refractivity contribution in [2.45, 2.75) is 33.4 Å². The van der Waals surface area contributed by atoms with Crippen LogP contribution < -0.4 is 25.6 Å². The van der Waals surface area contributed by atoms with Gasteiger partial charge in [-0.05, 0) is 74.5 Å². The predicted octanol–water partition coefficient (Wildman–Crippen LogP) is 3.77. The van der Waals surface area contributed by atoms with Gasteiger partial charge in [0.2, 0.25) is 0 Å². The lowest BCUT2D eigenvalue weighted by Crippen LogP contribution is -2.26. The van der Waals surface area contributed by atoms with Gasteiger partial charge in [0.15, 0.2) is 0 Å². The number of benzene rings is 2. The number of hydrogen-bond donors (Lipinski definition) is 3. The van der Waals surface area contributed by atoms with Crippen LogP contribution in [0.1, 0.15) is 30.5 Å². The number of allylic oxidation sites excluding steroid dienone is 1. The molecule has 28 heavy (non-hydrogen) atoms. The Hall–Kier alpha value is -2.99. The summed E-state index contributed by atoms with van der Waals surface area (Å²) in [7, 11) is 3.41. The van der Waals surface area contributed by atoms with Crippen LogP contribution in [-0.4, -0.2) is 25.9 Å². The Morgan fingerprint density at radius 1 is 1.25 bits per heavy atom. The van der Waals surface area contributed by atoms with Gasteiger partial charge >= 0.3 is 0 Å². The van der Waals surface area contributed by atoms with Gasteiger partial charge in [-0.15, -0.1) is 0 Å². The van der Waals surface area contributed by atoms with E-state index in [4.69, 9.17) is 20.7 Å². The van der Waals surface area contributed by atoms with Crippen molar-refractivity contribution < 1.29 is 9.47 Å². The maximum Gasteiger partial charge on any atom is 0.127 e. The predicted molar refractivity (Wildman–Crippen MR) is 115 cm³/mol. The molecule has 0 aliphatic heterocycles. The summed E-state index contributed by atoms with van der Waals surface area (Å²) in [6.45, 7) is 6.41. The third-order valence-corrected chi connectivity index (χ3v) is 4.25. The maximum atomic E-state index is 8.20. The van der Waals surface area contributed by atoms with Crippen LogP contribution >= 0.6 is 0 Å². The van der Waals surface area contributed by atoms with Crippen molar-refractivity contribution in [2.75, 3.05) is 19.2 Å². The molecule has 0 unspecified atom stereocenters. The van der Waals surface area contributed by atoms with Crippen molar-refractivity contribution in [2.24, 2.45) is 5.84 Å². The van der Waals surface area contributed by atoms with E-state index in [1.165, 1.54) is 0 Å². The van der Waals surface area contributed by atoms with Crippen molar-refractivity contribution in [3.8, 4) is 11.5 Å². The second-order valence-electron chi connectivity index (χ2n) is 6.91. The highest BCUT2D eigenvalue weighted by atomic mass is 16.5. The monoisotopic (exact) mass is 382 g/mol. The number of ether oxygens (including phenoxy) is 2. The van der Waals surface area contributed by atoms with Crippen LogP contribution in [0.25, 0.3) is 0 Å². The Labute approximate surface area is 167 Å². The summed E-state index contributed by atoms with van der Waals surface area (Å²) < 4.78 is 11.5. The minimum Gasteiger partial charge on any atom is -0.496 e. The Kier molecular flexibility index (Phi) is 7.46. The summed E-state index contributed by atoms with van der Waals surface area (Å²) in [4.78, 5) is 0. The molecule has 0 radical (unpaired) electrons. The molecule has 2 aromatic carbocycles. The molecule has 0 aliphatic rings. The Bertz CT molecular complexity index is 844. The standard InChI is InChI=1S/C22H30N4O2/c1-15(2)25-12-11-19(23)17-9-10-21(16(3)13-17)28-14-18-20(26(4)24)7-6-8-22(18)27-5/h6-13,15,23,25H,14,24H2,1-5H3/b12-11-,23-19?. The fraction of sp³-hybridized carbons (Fsp3) is 0.318. The third-order valence-electron chi connectivity index (χ3n) is 4.25. The van der Waals surface area contributed by atoms with Crippen LogP contribution in [0.4, 0.5) is 5.69 Å². The van der Waals surface area contributed by atoms with E-state index in [1.54, 1.807) is 31.4 Å². The summed E-state index contributed by atoms with van der Waals surface area (Å²) in [6.07, 6.45) is 3.56. The molecule has 0 amide bonds. The number of anilines is 1. The molecule has 6 nitrogen and oxygen atoms in total. The second kappa shape index (κ2) is 9.80. The number of hydrazine groups is 1. The number of nitrogens with zero attached hydrogens (tertiary/aromatic N) is 1. The quantitative estimate of drug-likeness (QED) is 0.349. The molecule has 0 spiro atoms. The normalized spacial score (nSPS) is 11.0. The number of aryl methyl sites for hydroxylation is 1. The van der Waals surface area contributed by atoms with Gasteiger partial charge in [0.05, 0.1) is 24.1 Å². The Morgan fingerprint density at radius 3 is 2.61 bits per heavy atom. The van der Waals surface area contributed by atoms with Crippen molar-refractivity contribution >= 4 is 11.4 Å². The van der Waals surface area contributed by atoms with Gasteiger partial charge in [0.25, 0.3) is 0 Å². The van der Waals surface area contributed by atoms with E-state index < -0.39 is 0 Å². The Morgan fingerprint density at radius 2 is 2.00 bits per heavy atom. The molecule has 0 bridgehead atoms. The summed E-state index contributed by atoms with van der Waals surface area (Å²) in [5.41, 5.74) is 3.98. The fourth-order valence-electron chi connectivity index (χ4n) is 2.77. The second-order valence-corrected chi connectivity index (χ2v) is 6.91. The van der Waals surface area contributed by atoms with Gasteiger partial charge in [-0.25, -0.2) is 5.84 Å². The molecule has 2 aromatic rings. The maximum absolute atomic E-state index is 8.20. The van der Waals surface area contributed by atoms with E-state index >= 15 is 0 Å². The van der Waals surface area contributed by atoms with Crippen molar-refractivity contribution in [3.63, 3.8) is 0 Å². The lowest BCUT2D eigenvalue weighted by atomic mass is 10.1. The largest absolute Gasteiger partial charge is 0.496 e. The SMILES string of the molecule is COc1cccc(N(C)N)c1COc1ccc(C(=N)/C=C\NC(C)C)cc1C. The molecule has 150 valence electrons.